The Morgan fingerprint density at radius 1 is 1.19 bits per heavy atom. The average Bonchev–Trinajstić information content (AvgIpc) is 3.15. The minimum absolute atomic E-state index is 0.0880. The van der Waals surface area contributed by atoms with Crippen LogP contribution in [0.3, 0.4) is 0 Å². The molecule has 1 heterocycles. The maximum Gasteiger partial charge on any atom is 0.462 e. The summed E-state index contributed by atoms with van der Waals surface area (Å²) < 4.78 is 6.44. The van der Waals surface area contributed by atoms with Crippen molar-refractivity contribution >= 4 is 17.9 Å². The summed E-state index contributed by atoms with van der Waals surface area (Å²) in [5.74, 6) is -3.01. The Balaban J connectivity index is 0.000000387. The van der Waals surface area contributed by atoms with Gasteiger partial charge in [-0.3, -0.25) is 9.68 Å². The number of ether oxygens (including phenoxy) is 1. The number of esters is 1. The minimum atomic E-state index is -1.72. The number of para-hydroxylation sites is 1. The Kier molecular flexibility index (Phi) is 9.69. The molecule has 0 atom stereocenters. The molecule has 9 nitrogen and oxygen atoms in total. The van der Waals surface area contributed by atoms with Crippen molar-refractivity contribution in [1.29, 1.82) is 0 Å². The second-order valence-electron chi connectivity index (χ2n) is 5.16. The first-order valence-electron chi connectivity index (χ1n) is 8.28. The smallest absolute Gasteiger partial charge is 0.462 e. The van der Waals surface area contributed by atoms with Gasteiger partial charge in [0.1, 0.15) is 0 Å². The monoisotopic (exact) mass is 378 g/mol. The maximum absolute atomic E-state index is 10.8. The number of carboxylic acid groups (broad SMARTS) is 1. The van der Waals surface area contributed by atoms with E-state index in [4.69, 9.17) is 9.99 Å². The maximum atomic E-state index is 10.8. The molecule has 9 heteroatoms. The predicted molar refractivity (Wildman–Crippen MR) is 93.7 cm³/mol. The number of hydrogen-bond donors (Lipinski definition) is 1. The van der Waals surface area contributed by atoms with E-state index in [0.29, 0.717) is 19.6 Å². The van der Waals surface area contributed by atoms with Crippen LogP contribution in [0.15, 0.2) is 43.0 Å². The van der Waals surface area contributed by atoms with E-state index in [1.54, 1.807) is 47.6 Å². The SMILES string of the molecule is CCCC(=O)OCC.O=C(O)C(=O)OOc1ccccc1Cn1ccnc1. The number of hydrogen-bond acceptors (Lipinski definition) is 7. The number of aliphatic carboxylic acids is 1. The first-order valence-corrected chi connectivity index (χ1v) is 8.28. The Hall–Kier alpha value is -3.36. The van der Waals surface area contributed by atoms with E-state index in [-0.39, 0.29) is 11.7 Å². The first kappa shape index (κ1) is 21.7. The summed E-state index contributed by atoms with van der Waals surface area (Å²) >= 11 is 0. The van der Waals surface area contributed by atoms with Gasteiger partial charge in [0.2, 0.25) is 0 Å². The van der Waals surface area contributed by atoms with Gasteiger partial charge in [-0.2, -0.15) is 0 Å². The molecule has 2 aromatic rings. The number of carbonyl (C=O) groups excluding carboxylic acids is 2. The lowest BCUT2D eigenvalue weighted by atomic mass is 10.2. The van der Waals surface area contributed by atoms with Crippen molar-refractivity contribution in [3.63, 3.8) is 0 Å². The van der Waals surface area contributed by atoms with Crippen LogP contribution < -0.4 is 4.89 Å². The van der Waals surface area contributed by atoms with E-state index < -0.39 is 11.9 Å². The zero-order valence-electron chi connectivity index (χ0n) is 15.2. The number of nitrogens with zero attached hydrogens (tertiary/aromatic N) is 2. The van der Waals surface area contributed by atoms with Crippen LogP contribution in [-0.4, -0.2) is 39.2 Å². The van der Waals surface area contributed by atoms with E-state index in [1.165, 1.54) is 0 Å². The zero-order chi connectivity index (χ0) is 20.1. The van der Waals surface area contributed by atoms with Crippen molar-refractivity contribution in [2.75, 3.05) is 6.61 Å². The molecule has 0 amide bonds. The van der Waals surface area contributed by atoms with E-state index in [2.05, 4.69) is 14.6 Å². The molecule has 0 aliphatic carbocycles. The van der Waals surface area contributed by atoms with Crippen molar-refractivity contribution in [2.45, 2.75) is 33.2 Å². The van der Waals surface area contributed by atoms with Gasteiger partial charge in [0, 0.05) is 24.4 Å². The van der Waals surface area contributed by atoms with Crippen LogP contribution >= 0.6 is 0 Å². The van der Waals surface area contributed by atoms with Gasteiger partial charge < -0.3 is 14.4 Å². The zero-order valence-corrected chi connectivity index (χ0v) is 15.2. The van der Waals surface area contributed by atoms with Gasteiger partial charge in [0.15, 0.2) is 5.75 Å². The van der Waals surface area contributed by atoms with Crippen LogP contribution in [0.4, 0.5) is 0 Å². The fourth-order valence-corrected chi connectivity index (χ4v) is 1.85. The molecule has 0 spiro atoms. The van der Waals surface area contributed by atoms with Crippen molar-refractivity contribution in [3.8, 4) is 5.75 Å². The van der Waals surface area contributed by atoms with Crippen LogP contribution in [0.1, 0.15) is 32.3 Å². The molecule has 1 aromatic heterocycles. The summed E-state index contributed by atoms with van der Waals surface area (Å²) in [7, 11) is 0. The second-order valence-corrected chi connectivity index (χ2v) is 5.16. The molecule has 0 saturated carbocycles. The summed E-state index contributed by atoms with van der Waals surface area (Å²) in [6, 6.07) is 6.81. The lowest BCUT2D eigenvalue weighted by Gasteiger charge is -2.08. The predicted octanol–water partition coefficient (Wildman–Crippen LogP) is 2.20. The highest BCUT2D eigenvalue weighted by molar-refractivity contribution is 6.28. The summed E-state index contributed by atoms with van der Waals surface area (Å²) in [6.07, 6.45) is 6.45. The second kappa shape index (κ2) is 12.1. The van der Waals surface area contributed by atoms with E-state index in [0.717, 1.165) is 12.0 Å². The number of rotatable bonds is 7. The lowest BCUT2D eigenvalue weighted by Crippen LogP contribution is -2.18. The molecule has 2 rings (SSSR count). The molecule has 27 heavy (non-hydrogen) atoms. The molecular formula is C18H22N2O7. The van der Waals surface area contributed by atoms with Gasteiger partial charge in [-0.15, -0.1) is 0 Å². The summed E-state index contributed by atoms with van der Waals surface area (Å²) in [4.78, 5) is 44.3. The number of carboxylic acids is 1. The Bertz CT molecular complexity index is 721. The third-order valence-electron chi connectivity index (χ3n) is 3.03. The molecule has 146 valence electrons. The van der Waals surface area contributed by atoms with Gasteiger partial charge in [0.25, 0.3) is 0 Å². The molecular weight excluding hydrogens is 356 g/mol. The van der Waals surface area contributed by atoms with Crippen LogP contribution in [-0.2, 0) is 30.6 Å². The van der Waals surface area contributed by atoms with Crippen molar-refractivity contribution in [2.24, 2.45) is 0 Å². The summed E-state index contributed by atoms with van der Waals surface area (Å²) in [5, 5.41) is 8.37. The molecule has 0 radical (unpaired) electrons. The minimum Gasteiger partial charge on any atom is -0.473 e. The Labute approximate surface area is 156 Å². The third-order valence-corrected chi connectivity index (χ3v) is 3.03. The molecule has 1 aromatic carbocycles. The fourth-order valence-electron chi connectivity index (χ4n) is 1.85. The number of benzene rings is 1. The Morgan fingerprint density at radius 3 is 2.52 bits per heavy atom. The van der Waals surface area contributed by atoms with Crippen molar-refractivity contribution in [1.82, 2.24) is 9.55 Å². The highest BCUT2D eigenvalue weighted by Crippen LogP contribution is 2.19. The average molecular weight is 378 g/mol. The standard InChI is InChI=1S/C12H10N2O5.C6H12O2/c15-11(16)12(17)19-18-10-4-2-1-3-9(10)7-14-6-5-13-8-14;1-3-5-6(7)8-4-2/h1-6,8H,7H2,(H,15,16);3-5H2,1-2H3. The molecule has 0 aliphatic rings. The summed E-state index contributed by atoms with van der Waals surface area (Å²) in [5.41, 5.74) is 0.721. The molecule has 0 unspecified atom stereocenters. The number of imidazole rings is 1. The summed E-state index contributed by atoms with van der Waals surface area (Å²) in [6.45, 7) is 4.73. The Morgan fingerprint density at radius 2 is 1.93 bits per heavy atom. The van der Waals surface area contributed by atoms with E-state index in [9.17, 15) is 14.4 Å². The van der Waals surface area contributed by atoms with Gasteiger partial charge >= 0.3 is 17.9 Å². The van der Waals surface area contributed by atoms with Gasteiger partial charge in [-0.1, -0.05) is 25.1 Å². The highest BCUT2D eigenvalue weighted by atomic mass is 17.2. The van der Waals surface area contributed by atoms with Crippen LogP contribution in [0.25, 0.3) is 0 Å². The van der Waals surface area contributed by atoms with Crippen LogP contribution in [0, 0.1) is 0 Å². The van der Waals surface area contributed by atoms with Crippen molar-refractivity contribution < 1.29 is 34.0 Å². The molecule has 0 bridgehead atoms. The number of aromatic nitrogens is 2. The van der Waals surface area contributed by atoms with Gasteiger partial charge in [0.05, 0.1) is 19.5 Å². The van der Waals surface area contributed by atoms with Gasteiger partial charge in [-0.05, 0) is 19.4 Å². The highest BCUT2D eigenvalue weighted by Gasteiger charge is 2.16. The topological polar surface area (TPSA) is 117 Å². The van der Waals surface area contributed by atoms with Crippen LogP contribution in [0.5, 0.6) is 5.75 Å². The molecule has 0 saturated heterocycles. The van der Waals surface area contributed by atoms with Gasteiger partial charge in [-0.25, -0.2) is 19.5 Å². The normalized spacial score (nSPS) is 9.56. The molecule has 0 fully saturated rings. The molecule has 1 N–H and O–H groups in total. The third kappa shape index (κ3) is 8.52. The first-order chi connectivity index (χ1) is 13.0. The molecule has 0 aliphatic heterocycles. The lowest BCUT2D eigenvalue weighted by molar-refractivity contribution is -0.217. The largest absolute Gasteiger partial charge is 0.473 e. The van der Waals surface area contributed by atoms with Crippen molar-refractivity contribution in [3.05, 3.63) is 48.5 Å². The number of carbonyl (C=O) groups is 3. The fraction of sp³-hybridized carbons (Fsp3) is 0.333. The van der Waals surface area contributed by atoms with Crippen LogP contribution in [0.2, 0.25) is 0 Å². The van der Waals surface area contributed by atoms with E-state index >= 15 is 0 Å². The quantitative estimate of drug-likeness (QED) is 0.337. The van der Waals surface area contributed by atoms with E-state index in [1.807, 2.05) is 13.8 Å².